The molecular weight excluding hydrogens is 538 g/mol. The summed E-state index contributed by atoms with van der Waals surface area (Å²) in [6, 6.07) is 13.0. The molecule has 3 aromatic rings. The summed E-state index contributed by atoms with van der Waals surface area (Å²) in [6.45, 7) is 0. The van der Waals surface area contributed by atoms with Crippen LogP contribution in [-0.4, -0.2) is 28.7 Å². The molecule has 0 bridgehead atoms. The van der Waals surface area contributed by atoms with Crippen molar-refractivity contribution in [2.24, 2.45) is 0 Å². The first-order chi connectivity index (χ1) is 19.3. The van der Waals surface area contributed by atoms with E-state index in [1.54, 1.807) is 24.4 Å². The average Bonchev–Trinajstić information content (AvgIpc) is 2.95. The van der Waals surface area contributed by atoms with Crippen molar-refractivity contribution >= 4 is 40.8 Å². The lowest BCUT2D eigenvalue weighted by Crippen LogP contribution is -2.47. The molecule has 4 rings (SSSR count). The maximum Gasteiger partial charge on any atom is 0.248 e. The van der Waals surface area contributed by atoms with Gasteiger partial charge in [-0.1, -0.05) is 49.1 Å². The van der Waals surface area contributed by atoms with Crippen LogP contribution in [0.3, 0.4) is 0 Å². The van der Waals surface area contributed by atoms with Gasteiger partial charge in [0.15, 0.2) is 0 Å². The first kappa shape index (κ1) is 29.1. The van der Waals surface area contributed by atoms with Gasteiger partial charge in [-0.05, 0) is 67.3 Å². The largest absolute Gasteiger partial charge is 0.351 e. The minimum Gasteiger partial charge on any atom is -0.351 e. The standard InChI is InChI=1S/C30H31ClF2N4O3/c31-24-19-23(16-17-25(24)33)37(28(39)11-6-10-27(38)36-26-9-4-5-18-34-26)29(20-12-14-21(32)15-13-20)30(40)35-22-7-2-1-3-8-22/h4-5,9,12-19,22,29H,1-3,6-8,10-11H2,(H,35,40)(H,34,36,38)/t29-/m0/s1. The van der Waals surface area contributed by atoms with Gasteiger partial charge in [-0.2, -0.15) is 0 Å². The van der Waals surface area contributed by atoms with Gasteiger partial charge in [-0.3, -0.25) is 19.3 Å². The molecule has 0 unspecified atom stereocenters. The van der Waals surface area contributed by atoms with Crippen molar-refractivity contribution in [1.29, 1.82) is 0 Å². The molecule has 1 fully saturated rings. The third-order valence-electron chi connectivity index (χ3n) is 6.82. The van der Waals surface area contributed by atoms with Crippen molar-refractivity contribution in [1.82, 2.24) is 10.3 Å². The predicted molar refractivity (Wildman–Crippen MR) is 150 cm³/mol. The molecule has 1 atom stereocenters. The highest BCUT2D eigenvalue weighted by Crippen LogP contribution is 2.32. The highest BCUT2D eigenvalue weighted by molar-refractivity contribution is 6.31. The molecule has 7 nitrogen and oxygen atoms in total. The number of carbonyl (C=O) groups excluding carboxylic acids is 3. The summed E-state index contributed by atoms with van der Waals surface area (Å²) in [4.78, 5) is 45.2. The normalized spacial score (nSPS) is 14.3. The lowest BCUT2D eigenvalue weighted by atomic mass is 9.94. The number of hydrogen-bond donors (Lipinski definition) is 2. The topological polar surface area (TPSA) is 91.4 Å². The molecule has 2 aromatic carbocycles. The van der Waals surface area contributed by atoms with Gasteiger partial charge in [0.1, 0.15) is 23.5 Å². The molecule has 2 N–H and O–H groups in total. The molecule has 1 heterocycles. The summed E-state index contributed by atoms with van der Waals surface area (Å²) in [7, 11) is 0. The molecule has 0 saturated heterocycles. The van der Waals surface area contributed by atoms with Crippen LogP contribution in [0.15, 0.2) is 66.9 Å². The third-order valence-corrected chi connectivity index (χ3v) is 7.11. The van der Waals surface area contributed by atoms with E-state index in [2.05, 4.69) is 15.6 Å². The van der Waals surface area contributed by atoms with Crippen molar-refractivity contribution in [2.75, 3.05) is 10.2 Å². The number of halogens is 3. The van der Waals surface area contributed by atoms with E-state index in [1.807, 2.05) is 0 Å². The minimum absolute atomic E-state index is 0.0375. The second-order valence-electron chi connectivity index (χ2n) is 9.78. The van der Waals surface area contributed by atoms with Crippen LogP contribution in [-0.2, 0) is 14.4 Å². The van der Waals surface area contributed by atoms with Crippen LogP contribution in [0.5, 0.6) is 0 Å². The van der Waals surface area contributed by atoms with Gasteiger partial charge in [0, 0.05) is 30.8 Å². The Hall–Kier alpha value is -3.85. The zero-order chi connectivity index (χ0) is 28.5. The fourth-order valence-electron chi connectivity index (χ4n) is 4.82. The number of carbonyl (C=O) groups is 3. The number of pyridine rings is 1. The zero-order valence-corrected chi connectivity index (χ0v) is 22.7. The number of benzene rings is 2. The smallest absolute Gasteiger partial charge is 0.248 e. The van der Waals surface area contributed by atoms with Gasteiger partial charge >= 0.3 is 0 Å². The summed E-state index contributed by atoms with van der Waals surface area (Å²) < 4.78 is 27.9. The Morgan fingerprint density at radius 1 is 0.975 bits per heavy atom. The van der Waals surface area contributed by atoms with Crippen LogP contribution >= 0.6 is 11.6 Å². The second kappa shape index (κ2) is 14.0. The average molecular weight is 569 g/mol. The lowest BCUT2D eigenvalue weighted by molar-refractivity contribution is -0.127. The van der Waals surface area contributed by atoms with E-state index in [-0.39, 0.29) is 41.9 Å². The van der Waals surface area contributed by atoms with Crippen LogP contribution in [0.2, 0.25) is 5.02 Å². The van der Waals surface area contributed by atoms with Crippen LogP contribution in [0.4, 0.5) is 20.3 Å². The summed E-state index contributed by atoms with van der Waals surface area (Å²) >= 11 is 6.07. The van der Waals surface area contributed by atoms with Gasteiger partial charge in [-0.25, -0.2) is 13.8 Å². The molecule has 3 amide bonds. The van der Waals surface area contributed by atoms with Gasteiger partial charge in [0.05, 0.1) is 5.02 Å². The molecule has 40 heavy (non-hydrogen) atoms. The number of rotatable bonds is 10. The number of amides is 3. The van der Waals surface area contributed by atoms with Gasteiger partial charge < -0.3 is 10.6 Å². The molecule has 1 saturated carbocycles. The number of anilines is 2. The Balaban J connectivity index is 1.59. The molecule has 1 aromatic heterocycles. The highest BCUT2D eigenvalue weighted by Gasteiger charge is 2.34. The van der Waals surface area contributed by atoms with Gasteiger partial charge in [-0.15, -0.1) is 0 Å². The van der Waals surface area contributed by atoms with Crippen molar-refractivity contribution in [3.63, 3.8) is 0 Å². The van der Waals surface area contributed by atoms with Crippen LogP contribution in [0, 0.1) is 11.6 Å². The van der Waals surface area contributed by atoms with E-state index in [1.165, 1.54) is 41.3 Å². The summed E-state index contributed by atoms with van der Waals surface area (Å²) in [5, 5.41) is 5.52. The second-order valence-corrected chi connectivity index (χ2v) is 10.2. The molecule has 1 aliphatic carbocycles. The summed E-state index contributed by atoms with van der Waals surface area (Å²) in [5.41, 5.74) is 0.596. The van der Waals surface area contributed by atoms with E-state index in [9.17, 15) is 23.2 Å². The number of hydrogen-bond acceptors (Lipinski definition) is 4. The Morgan fingerprint density at radius 2 is 1.73 bits per heavy atom. The quantitative estimate of drug-likeness (QED) is 0.298. The third kappa shape index (κ3) is 7.85. The van der Waals surface area contributed by atoms with Crippen molar-refractivity contribution in [2.45, 2.75) is 63.5 Å². The monoisotopic (exact) mass is 568 g/mol. The van der Waals surface area contributed by atoms with E-state index in [0.717, 1.165) is 38.2 Å². The number of nitrogens with zero attached hydrogens (tertiary/aromatic N) is 2. The van der Waals surface area contributed by atoms with Crippen LogP contribution < -0.4 is 15.5 Å². The first-order valence-electron chi connectivity index (χ1n) is 13.4. The predicted octanol–water partition coefficient (Wildman–Crippen LogP) is 6.35. The summed E-state index contributed by atoms with van der Waals surface area (Å²) in [6.07, 6.45) is 6.41. The van der Waals surface area contributed by atoms with Crippen molar-refractivity contribution in [3.8, 4) is 0 Å². The Bertz CT molecular complexity index is 1320. The van der Waals surface area contributed by atoms with E-state index in [4.69, 9.17) is 11.6 Å². The highest BCUT2D eigenvalue weighted by atomic mass is 35.5. The summed E-state index contributed by atoms with van der Waals surface area (Å²) in [5.74, 6) is -1.97. The van der Waals surface area contributed by atoms with Crippen LogP contribution in [0.25, 0.3) is 0 Å². The Kier molecular flexibility index (Phi) is 10.2. The number of nitrogens with one attached hydrogen (secondary N) is 2. The molecule has 210 valence electrons. The molecule has 10 heteroatoms. The molecule has 1 aliphatic rings. The van der Waals surface area contributed by atoms with E-state index >= 15 is 0 Å². The molecule has 0 spiro atoms. The van der Waals surface area contributed by atoms with Gasteiger partial charge in [0.25, 0.3) is 0 Å². The Labute approximate surface area is 236 Å². The lowest BCUT2D eigenvalue weighted by Gasteiger charge is -2.33. The molecule has 0 aliphatic heterocycles. The van der Waals surface area contributed by atoms with Crippen LogP contribution in [0.1, 0.15) is 63.0 Å². The number of aromatic nitrogens is 1. The van der Waals surface area contributed by atoms with Crippen molar-refractivity contribution < 1.29 is 23.2 Å². The molecule has 0 radical (unpaired) electrons. The van der Waals surface area contributed by atoms with E-state index in [0.29, 0.717) is 11.4 Å². The first-order valence-corrected chi connectivity index (χ1v) is 13.7. The minimum atomic E-state index is -1.17. The Morgan fingerprint density at radius 3 is 2.40 bits per heavy atom. The SMILES string of the molecule is O=C(CCCC(=O)N(c1ccc(F)c(Cl)c1)[C@H](C(=O)NC1CCCCC1)c1ccc(F)cc1)Nc1ccccn1. The van der Waals surface area contributed by atoms with E-state index < -0.39 is 29.5 Å². The maximum absolute atomic E-state index is 14.1. The van der Waals surface area contributed by atoms with Crippen molar-refractivity contribution in [3.05, 3.63) is 89.1 Å². The zero-order valence-electron chi connectivity index (χ0n) is 21.9. The van der Waals surface area contributed by atoms with Gasteiger partial charge in [0.2, 0.25) is 17.7 Å². The fourth-order valence-corrected chi connectivity index (χ4v) is 5.00. The fraction of sp³-hybridized carbons (Fsp3) is 0.333. The molecular formula is C30H31ClF2N4O3. The maximum atomic E-state index is 14.1.